The average molecular weight is 537 g/mol. The van der Waals surface area contributed by atoms with Crippen molar-refractivity contribution in [3.8, 4) is 0 Å². The maximum Gasteiger partial charge on any atom is 0.0300 e. The first kappa shape index (κ1) is 28.3. The molecule has 0 aliphatic rings. The van der Waals surface area contributed by atoms with Crippen LogP contribution in [0.15, 0.2) is 158 Å². The monoisotopic (exact) mass is 536 g/mol. The second-order valence-corrected chi connectivity index (χ2v) is 10.7. The summed E-state index contributed by atoms with van der Waals surface area (Å²) in [6, 6.07) is 54.4. The molecule has 0 N–H and O–H groups in total. The van der Waals surface area contributed by atoms with Crippen molar-refractivity contribution in [2.75, 3.05) is 6.54 Å². The van der Waals surface area contributed by atoms with E-state index in [2.05, 4.69) is 174 Å². The van der Waals surface area contributed by atoms with Crippen LogP contribution in [0.1, 0.15) is 34.2 Å². The maximum absolute atomic E-state index is 2.63. The van der Waals surface area contributed by atoms with Crippen LogP contribution in [0.4, 0.5) is 0 Å². The third-order valence-electron chi connectivity index (χ3n) is 7.48. The third kappa shape index (κ3) is 9.42. The highest BCUT2D eigenvalue weighted by atomic mass is 15.2. The number of hydrogen-bond acceptors (Lipinski definition) is 2. The van der Waals surface area contributed by atoms with Gasteiger partial charge in [-0.25, -0.2) is 0 Å². The highest BCUT2D eigenvalue weighted by Crippen LogP contribution is 2.20. The van der Waals surface area contributed by atoms with Gasteiger partial charge in [-0.05, 0) is 34.2 Å². The minimum atomic E-state index is 0.268. The van der Waals surface area contributed by atoms with Gasteiger partial charge in [-0.3, -0.25) is 9.80 Å². The zero-order valence-electron chi connectivity index (χ0n) is 23.8. The molecule has 0 amide bonds. The fraction of sp³-hybridized carbons (Fsp3) is 0.179. The first-order valence-electron chi connectivity index (χ1n) is 14.7. The summed E-state index contributed by atoms with van der Waals surface area (Å²) in [5.41, 5.74) is 6.62. The molecule has 0 radical (unpaired) electrons. The predicted octanol–water partition coefficient (Wildman–Crippen LogP) is 8.86. The van der Waals surface area contributed by atoms with Gasteiger partial charge >= 0.3 is 0 Å². The van der Waals surface area contributed by atoms with Gasteiger partial charge in [0, 0.05) is 38.8 Å². The molecular formula is C39H40N2. The van der Waals surface area contributed by atoms with Crippen molar-refractivity contribution in [3.63, 3.8) is 0 Å². The fourth-order valence-electron chi connectivity index (χ4n) is 5.33. The zero-order chi connectivity index (χ0) is 28.0. The molecule has 2 heteroatoms. The molecule has 0 saturated heterocycles. The standard InChI is InChI=1S/C39H40N2/c1-6-16-34(17-7-1)26-27-39(41(32-37-22-12-4-13-23-37)33-38-24-14-5-15-25-38)28-29-40(30-35-18-8-2-9-19-35)31-36-20-10-3-11-21-36/h1-27,39H,28-33H2/b27-26+/t39-/m1/s1. The molecule has 5 aromatic rings. The second-order valence-electron chi connectivity index (χ2n) is 10.7. The van der Waals surface area contributed by atoms with Gasteiger partial charge in [-0.1, -0.05) is 164 Å². The van der Waals surface area contributed by atoms with Gasteiger partial charge in [-0.2, -0.15) is 0 Å². The molecule has 0 bridgehead atoms. The van der Waals surface area contributed by atoms with Crippen molar-refractivity contribution in [2.45, 2.75) is 38.6 Å². The Balaban J connectivity index is 1.42. The molecule has 0 aromatic heterocycles. The average Bonchev–Trinajstić information content (AvgIpc) is 3.03. The Morgan fingerprint density at radius 3 is 1.22 bits per heavy atom. The lowest BCUT2D eigenvalue weighted by atomic mass is 10.0. The first-order chi connectivity index (χ1) is 20.3. The minimum absolute atomic E-state index is 0.268. The van der Waals surface area contributed by atoms with Crippen molar-refractivity contribution < 1.29 is 0 Å². The van der Waals surface area contributed by atoms with Gasteiger partial charge in [0.15, 0.2) is 0 Å². The highest BCUT2D eigenvalue weighted by molar-refractivity contribution is 5.49. The topological polar surface area (TPSA) is 6.48 Å². The minimum Gasteiger partial charge on any atom is -0.295 e. The molecule has 41 heavy (non-hydrogen) atoms. The van der Waals surface area contributed by atoms with E-state index in [1.54, 1.807) is 0 Å². The van der Waals surface area contributed by atoms with Gasteiger partial charge in [0.1, 0.15) is 0 Å². The number of hydrogen-bond donors (Lipinski definition) is 0. The van der Waals surface area contributed by atoms with Crippen LogP contribution in [0.2, 0.25) is 0 Å². The third-order valence-corrected chi connectivity index (χ3v) is 7.48. The van der Waals surface area contributed by atoms with Gasteiger partial charge in [0.2, 0.25) is 0 Å². The van der Waals surface area contributed by atoms with E-state index in [1.165, 1.54) is 27.8 Å². The molecule has 1 atom stereocenters. The summed E-state index contributed by atoms with van der Waals surface area (Å²) >= 11 is 0. The molecule has 0 fully saturated rings. The fourth-order valence-corrected chi connectivity index (χ4v) is 5.33. The van der Waals surface area contributed by atoms with E-state index in [9.17, 15) is 0 Å². The van der Waals surface area contributed by atoms with E-state index in [0.29, 0.717) is 0 Å². The Bertz CT molecular complexity index is 1340. The SMILES string of the molecule is C(=C\[C@H](CCN(Cc1ccccc1)Cc1ccccc1)N(Cc1ccccc1)Cc1ccccc1)/c1ccccc1. The Kier molecular flexibility index (Phi) is 10.7. The second kappa shape index (κ2) is 15.5. The summed E-state index contributed by atoms with van der Waals surface area (Å²) in [6.45, 7) is 4.66. The van der Waals surface area contributed by atoms with Gasteiger partial charge in [-0.15, -0.1) is 0 Å². The van der Waals surface area contributed by atoms with E-state index >= 15 is 0 Å². The van der Waals surface area contributed by atoms with Crippen LogP contribution in [-0.4, -0.2) is 22.4 Å². The van der Waals surface area contributed by atoms with Gasteiger partial charge in [0.25, 0.3) is 0 Å². The quantitative estimate of drug-likeness (QED) is 0.140. The van der Waals surface area contributed by atoms with E-state index in [0.717, 1.165) is 39.1 Å². The zero-order valence-corrected chi connectivity index (χ0v) is 23.8. The van der Waals surface area contributed by atoms with Crippen LogP contribution < -0.4 is 0 Å². The smallest absolute Gasteiger partial charge is 0.0300 e. The van der Waals surface area contributed by atoms with Gasteiger partial charge < -0.3 is 0 Å². The molecule has 2 nitrogen and oxygen atoms in total. The van der Waals surface area contributed by atoms with E-state index < -0.39 is 0 Å². The lowest BCUT2D eigenvalue weighted by Gasteiger charge is -2.32. The van der Waals surface area contributed by atoms with E-state index in [4.69, 9.17) is 0 Å². The number of nitrogens with zero attached hydrogens (tertiary/aromatic N) is 2. The van der Waals surface area contributed by atoms with Crippen LogP contribution in [0.3, 0.4) is 0 Å². The summed E-state index contributed by atoms with van der Waals surface area (Å²) in [5, 5.41) is 0. The molecule has 0 spiro atoms. The molecular weight excluding hydrogens is 496 g/mol. The first-order valence-corrected chi connectivity index (χ1v) is 14.7. The Morgan fingerprint density at radius 2 is 0.805 bits per heavy atom. The van der Waals surface area contributed by atoms with Crippen molar-refractivity contribution in [1.82, 2.24) is 9.80 Å². The Labute approximate surface area is 246 Å². The van der Waals surface area contributed by atoms with Crippen molar-refractivity contribution in [3.05, 3.63) is 186 Å². The largest absolute Gasteiger partial charge is 0.295 e. The van der Waals surface area contributed by atoms with Crippen LogP contribution in [0.25, 0.3) is 6.08 Å². The highest BCUT2D eigenvalue weighted by Gasteiger charge is 2.19. The molecule has 0 aliphatic carbocycles. The number of rotatable bonds is 14. The molecule has 0 aliphatic heterocycles. The van der Waals surface area contributed by atoms with Crippen molar-refractivity contribution >= 4 is 6.08 Å². The van der Waals surface area contributed by atoms with Crippen LogP contribution in [-0.2, 0) is 26.2 Å². The van der Waals surface area contributed by atoms with Crippen molar-refractivity contribution in [2.24, 2.45) is 0 Å². The van der Waals surface area contributed by atoms with Gasteiger partial charge in [0.05, 0.1) is 0 Å². The van der Waals surface area contributed by atoms with Crippen LogP contribution in [0, 0.1) is 0 Å². The summed E-state index contributed by atoms with van der Waals surface area (Å²) in [6.07, 6.45) is 5.75. The summed E-state index contributed by atoms with van der Waals surface area (Å²) in [7, 11) is 0. The lowest BCUT2D eigenvalue weighted by molar-refractivity contribution is 0.171. The van der Waals surface area contributed by atoms with Crippen molar-refractivity contribution in [1.29, 1.82) is 0 Å². The Morgan fingerprint density at radius 1 is 0.439 bits per heavy atom. The summed E-state index contributed by atoms with van der Waals surface area (Å²) < 4.78 is 0. The van der Waals surface area contributed by atoms with E-state index in [-0.39, 0.29) is 6.04 Å². The molecule has 0 heterocycles. The van der Waals surface area contributed by atoms with E-state index in [1.807, 2.05) is 0 Å². The molecule has 206 valence electrons. The normalized spacial score (nSPS) is 12.2. The lowest BCUT2D eigenvalue weighted by Crippen LogP contribution is -2.36. The Hall–Kier alpha value is -4.24. The predicted molar refractivity (Wildman–Crippen MR) is 173 cm³/mol. The molecule has 5 rings (SSSR count). The maximum atomic E-state index is 2.63. The summed E-state index contributed by atoms with van der Waals surface area (Å²) in [4.78, 5) is 5.23. The molecule has 0 saturated carbocycles. The molecule has 0 unspecified atom stereocenters. The van der Waals surface area contributed by atoms with Crippen LogP contribution in [0.5, 0.6) is 0 Å². The summed E-state index contributed by atoms with van der Waals surface area (Å²) in [5.74, 6) is 0. The number of benzene rings is 5. The molecule has 5 aromatic carbocycles. The van der Waals surface area contributed by atoms with Crippen LogP contribution >= 0.6 is 0 Å².